The van der Waals surface area contributed by atoms with Crippen molar-refractivity contribution in [1.29, 1.82) is 0 Å². The van der Waals surface area contributed by atoms with E-state index in [-0.39, 0.29) is 11.9 Å². The molecule has 110 valence electrons. The molecule has 1 aliphatic carbocycles. The minimum atomic E-state index is 0.00481. The van der Waals surface area contributed by atoms with Gasteiger partial charge in [0.05, 0.1) is 0 Å². The van der Waals surface area contributed by atoms with Crippen molar-refractivity contribution < 1.29 is 4.79 Å². The van der Waals surface area contributed by atoms with Gasteiger partial charge < -0.3 is 10.6 Å². The van der Waals surface area contributed by atoms with Gasteiger partial charge in [0.25, 0.3) is 5.91 Å². The maximum Gasteiger partial charge on any atom is 0.251 e. The third-order valence-corrected chi connectivity index (χ3v) is 4.17. The van der Waals surface area contributed by atoms with Crippen LogP contribution in [0.3, 0.4) is 0 Å². The SMILES string of the molecule is CNc1cc(C(=O)NC(C)C2CCC2)cc(C(C)C)n1. The molecule has 20 heavy (non-hydrogen) atoms. The van der Waals surface area contributed by atoms with Crippen molar-refractivity contribution >= 4 is 11.7 Å². The van der Waals surface area contributed by atoms with E-state index in [0.29, 0.717) is 17.4 Å². The fourth-order valence-corrected chi connectivity index (χ4v) is 2.45. The van der Waals surface area contributed by atoms with E-state index in [1.807, 2.05) is 19.2 Å². The molecule has 0 saturated heterocycles. The summed E-state index contributed by atoms with van der Waals surface area (Å²) in [4.78, 5) is 16.9. The van der Waals surface area contributed by atoms with Gasteiger partial charge in [-0.1, -0.05) is 20.3 Å². The first-order valence-corrected chi connectivity index (χ1v) is 7.52. The molecule has 0 aromatic carbocycles. The molecule has 1 fully saturated rings. The molecule has 1 amide bonds. The van der Waals surface area contributed by atoms with E-state index in [1.165, 1.54) is 19.3 Å². The van der Waals surface area contributed by atoms with Crippen LogP contribution in [0.2, 0.25) is 0 Å². The van der Waals surface area contributed by atoms with Gasteiger partial charge in [-0.05, 0) is 43.7 Å². The Morgan fingerprint density at radius 3 is 2.50 bits per heavy atom. The molecule has 4 heteroatoms. The zero-order valence-corrected chi connectivity index (χ0v) is 12.9. The maximum atomic E-state index is 12.4. The molecule has 0 radical (unpaired) electrons. The largest absolute Gasteiger partial charge is 0.373 e. The number of pyridine rings is 1. The van der Waals surface area contributed by atoms with E-state index in [9.17, 15) is 4.79 Å². The van der Waals surface area contributed by atoms with Crippen molar-refractivity contribution in [3.05, 3.63) is 23.4 Å². The Labute approximate surface area is 121 Å². The fraction of sp³-hybridized carbons (Fsp3) is 0.625. The molecule has 4 nitrogen and oxygen atoms in total. The van der Waals surface area contributed by atoms with Gasteiger partial charge in [-0.2, -0.15) is 0 Å². The molecule has 2 rings (SSSR count). The molecular weight excluding hydrogens is 250 g/mol. The second kappa shape index (κ2) is 6.25. The Morgan fingerprint density at radius 1 is 1.30 bits per heavy atom. The topological polar surface area (TPSA) is 54.0 Å². The van der Waals surface area contributed by atoms with Gasteiger partial charge in [-0.3, -0.25) is 4.79 Å². The van der Waals surface area contributed by atoms with E-state index < -0.39 is 0 Å². The molecule has 0 aliphatic heterocycles. The smallest absolute Gasteiger partial charge is 0.251 e. The fourth-order valence-electron chi connectivity index (χ4n) is 2.45. The van der Waals surface area contributed by atoms with Crippen LogP contribution in [-0.2, 0) is 0 Å². The van der Waals surface area contributed by atoms with E-state index in [4.69, 9.17) is 0 Å². The first-order valence-electron chi connectivity index (χ1n) is 7.52. The van der Waals surface area contributed by atoms with Crippen LogP contribution >= 0.6 is 0 Å². The molecule has 0 spiro atoms. The molecule has 1 atom stereocenters. The molecule has 0 bridgehead atoms. The van der Waals surface area contributed by atoms with Gasteiger partial charge in [-0.15, -0.1) is 0 Å². The molecular formula is C16H25N3O. The number of rotatable bonds is 5. The summed E-state index contributed by atoms with van der Waals surface area (Å²) in [6.07, 6.45) is 3.76. The van der Waals surface area contributed by atoms with E-state index in [0.717, 1.165) is 11.5 Å². The van der Waals surface area contributed by atoms with Crippen LogP contribution in [0.5, 0.6) is 0 Å². The first-order chi connectivity index (χ1) is 9.51. The Morgan fingerprint density at radius 2 is 2.00 bits per heavy atom. The van der Waals surface area contributed by atoms with E-state index in [1.54, 1.807) is 0 Å². The second-order valence-corrected chi connectivity index (χ2v) is 6.02. The summed E-state index contributed by atoms with van der Waals surface area (Å²) in [5, 5.41) is 6.15. The van der Waals surface area contributed by atoms with Crippen LogP contribution in [0.25, 0.3) is 0 Å². The van der Waals surface area contributed by atoms with Crippen molar-refractivity contribution in [1.82, 2.24) is 10.3 Å². The summed E-state index contributed by atoms with van der Waals surface area (Å²) < 4.78 is 0. The van der Waals surface area contributed by atoms with Crippen LogP contribution in [-0.4, -0.2) is 24.0 Å². The summed E-state index contributed by atoms with van der Waals surface area (Å²) in [6, 6.07) is 3.97. The van der Waals surface area contributed by atoms with Crippen LogP contribution in [0.15, 0.2) is 12.1 Å². The highest BCUT2D eigenvalue weighted by atomic mass is 16.1. The highest BCUT2D eigenvalue weighted by molar-refractivity contribution is 5.95. The lowest BCUT2D eigenvalue weighted by Gasteiger charge is -2.31. The third kappa shape index (κ3) is 3.30. The van der Waals surface area contributed by atoms with Gasteiger partial charge in [0.1, 0.15) is 5.82 Å². The van der Waals surface area contributed by atoms with Crippen molar-refractivity contribution in [2.24, 2.45) is 5.92 Å². The van der Waals surface area contributed by atoms with Gasteiger partial charge in [0, 0.05) is 24.3 Å². The summed E-state index contributed by atoms with van der Waals surface area (Å²) in [5.74, 6) is 1.70. The van der Waals surface area contributed by atoms with E-state index >= 15 is 0 Å². The van der Waals surface area contributed by atoms with E-state index in [2.05, 4.69) is 36.4 Å². The predicted molar refractivity (Wildman–Crippen MR) is 82.1 cm³/mol. The lowest BCUT2D eigenvalue weighted by Crippen LogP contribution is -2.40. The second-order valence-electron chi connectivity index (χ2n) is 6.02. The third-order valence-electron chi connectivity index (χ3n) is 4.17. The van der Waals surface area contributed by atoms with Crippen molar-refractivity contribution in [2.45, 2.75) is 52.0 Å². The van der Waals surface area contributed by atoms with Crippen molar-refractivity contribution in [3.8, 4) is 0 Å². The molecule has 2 N–H and O–H groups in total. The standard InChI is InChI=1S/C16H25N3O/c1-10(2)14-8-13(9-15(17-4)19-14)16(20)18-11(3)12-6-5-7-12/h8-12H,5-7H2,1-4H3,(H,17,19)(H,18,20). The van der Waals surface area contributed by atoms with Gasteiger partial charge in [0.2, 0.25) is 0 Å². The average molecular weight is 275 g/mol. The molecule has 1 aromatic heterocycles. The summed E-state index contributed by atoms with van der Waals surface area (Å²) >= 11 is 0. The molecule has 1 heterocycles. The van der Waals surface area contributed by atoms with Crippen LogP contribution in [0.4, 0.5) is 5.82 Å². The Bertz CT molecular complexity index is 481. The van der Waals surface area contributed by atoms with Gasteiger partial charge in [-0.25, -0.2) is 4.98 Å². The lowest BCUT2D eigenvalue weighted by molar-refractivity contribution is 0.0909. The summed E-state index contributed by atoms with van der Waals surface area (Å²) in [6.45, 7) is 6.27. The summed E-state index contributed by atoms with van der Waals surface area (Å²) in [5.41, 5.74) is 1.64. The number of anilines is 1. The molecule has 1 unspecified atom stereocenters. The summed E-state index contributed by atoms with van der Waals surface area (Å²) in [7, 11) is 1.82. The normalized spacial score (nSPS) is 16.6. The lowest BCUT2D eigenvalue weighted by atomic mass is 9.80. The predicted octanol–water partition coefficient (Wildman–Crippen LogP) is 3.17. The van der Waals surface area contributed by atoms with Gasteiger partial charge >= 0.3 is 0 Å². The number of aromatic nitrogens is 1. The van der Waals surface area contributed by atoms with Crippen molar-refractivity contribution in [3.63, 3.8) is 0 Å². The average Bonchev–Trinajstić information content (AvgIpc) is 2.35. The number of nitrogens with zero attached hydrogens (tertiary/aromatic N) is 1. The highest BCUT2D eigenvalue weighted by Gasteiger charge is 2.25. The number of carbonyl (C=O) groups is 1. The Balaban J connectivity index is 2.13. The van der Waals surface area contributed by atoms with Crippen LogP contribution < -0.4 is 10.6 Å². The molecule has 1 aromatic rings. The van der Waals surface area contributed by atoms with Gasteiger partial charge in [0.15, 0.2) is 0 Å². The Hall–Kier alpha value is -1.58. The molecule has 1 saturated carbocycles. The first kappa shape index (κ1) is 14.8. The number of hydrogen-bond acceptors (Lipinski definition) is 3. The molecule has 1 aliphatic rings. The number of nitrogens with one attached hydrogen (secondary N) is 2. The van der Waals surface area contributed by atoms with Crippen LogP contribution in [0.1, 0.15) is 62.0 Å². The van der Waals surface area contributed by atoms with Crippen LogP contribution in [0, 0.1) is 5.92 Å². The van der Waals surface area contributed by atoms with Crippen molar-refractivity contribution in [2.75, 3.05) is 12.4 Å². The number of carbonyl (C=O) groups excluding carboxylic acids is 1. The number of amides is 1. The highest BCUT2D eigenvalue weighted by Crippen LogP contribution is 2.29. The quantitative estimate of drug-likeness (QED) is 0.868. The minimum Gasteiger partial charge on any atom is -0.373 e. The maximum absolute atomic E-state index is 12.4. The monoisotopic (exact) mass is 275 g/mol. The Kier molecular flexibility index (Phi) is 4.63. The minimum absolute atomic E-state index is 0.00481. The zero-order valence-electron chi connectivity index (χ0n) is 12.9. The zero-order chi connectivity index (χ0) is 14.7. The number of hydrogen-bond donors (Lipinski definition) is 2.